The minimum atomic E-state index is -3.71. The maximum atomic E-state index is 10.5. The van der Waals surface area contributed by atoms with Crippen LogP contribution in [0.15, 0.2) is 11.2 Å². The zero-order valence-corrected chi connectivity index (χ0v) is 6.83. The molecule has 0 aliphatic heterocycles. The quantitative estimate of drug-likeness (QED) is 0.689. The summed E-state index contributed by atoms with van der Waals surface area (Å²) in [7, 11) is 1.20. The molecule has 0 saturated carbocycles. The summed E-state index contributed by atoms with van der Waals surface area (Å²) in [5.74, 6) is 0. The van der Waals surface area contributed by atoms with Gasteiger partial charge in [-0.1, -0.05) is 0 Å². The van der Waals surface area contributed by atoms with E-state index in [9.17, 15) is 8.42 Å². The Bertz CT molecular complexity index is 330. The number of aromatic nitrogens is 2. The predicted molar refractivity (Wildman–Crippen MR) is 36.6 cm³/mol. The van der Waals surface area contributed by atoms with Crippen LogP contribution in [0.3, 0.4) is 0 Å². The largest absolute Gasteiger partial charge is 0.319 e. The number of hydrogen-bond acceptors (Lipinski definition) is 3. The van der Waals surface area contributed by atoms with Crippen molar-refractivity contribution in [3.63, 3.8) is 0 Å². The van der Waals surface area contributed by atoms with E-state index in [4.69, 9.17) is 22.3 Å². The number of H-pyrrole nitrogens is 1. The van der Waals surface area contributed by atoms with E-state index in [2.05, 4.69) is 9.97 Å². The van der Waals surface area contributed by atoms with Gasteiger partial charge in [-0.25, -0.2) is 13.4 Å². The molecule has 0 saturated heterocycles. The van der Waals surface area contributed by atoms with Gasteiger partial charge in [0.25, 0.3) is 9.05 Å². The molecule has 1 aromatic heterocycles. The standard InChI is InChI=1S/C3H2Cl2N2O2S/c4-3-6-1-2(7-3)10(5,8)9/h1H,(H,6,7). The fourth-order valence-electron chi connectivity index (χ4n) is 0.405. The number of imidazole rings is 1. The normalized spacial score (nSPS) is 11.8. The van der Waals surface area contributed by atoms with E-state index in [0.29, 0.717) is 0 Å². The van der Waals surface area contributed by atoms with Crippen LogP contribution >= 0.6 is 22.3 Å². The molecule has 0 amide bonds. The molecule has 7 heteroatoms. The van der Waals surface area contributed by atoms with Crippen molar-refractivity contribution in [3.05, 3.63) is 11.5 Å². The zero-order valence-electron chi connectivity index (χ0n) is 4.51. The SMILES string of the molecule is O=S(=O)(Cl)c1cnc(Cl)[nH]1. The van der Waals surface area contributed by atoms with Gasteiger partial charge in [0.1, 0.15) is 0 Å². The van der Waals surface area contributed by atoms with Crippen LogP contribution in [-0.4, -0.2) is 18.4 Å². The van der Waals surface area contributed by atoms with Gasteiger partial charge in [0.05, 0.1) is 6.20 Å². The first-order chi connectivity index (χ1) is 4.50. The van der Waals surface area contributed by atoms with Crippen molar-refractivity contribution in [2.45, 2.75) is 5.03 Å². The topological polar surface area (TPSA) is 62.8 Å². The average Bonchev–Trinajstić information content (AvgIpc) is 2.11. The third-order valence-corrected chi connectivity index (χ3v) is 2.21. The van der Waals surface area contributed by atoms with Gasteiger partial charge in [-0.3, -0.25) is 0 Å². The number of nitrogens with one attached hydrogen (secondary N) is 1. The van der Waals surface area contributed by atoms with Crippen molar-refractivity contribution in [2.24, 2.45) is 0 Å². The third kappa shape index (κ3) is 1.62. The average molecular weight is 201 g/mol. The van der Waals surface area contributed by atoms with Crippen LogP contribution in [0.2, 0.25) is 5.28 Å². The molecule has 0 radical (unpaired) electrons. The van der Waals surface area contributed by atoms with E-state index < -0.39 is 9.05 Å². The highest BCUT2D eigenvalue weighted by molar-refractivity contribution is 8.13. The monoisotopic (exact) mass is 200 g/mol. The molecule has 10 heavy (non-hydrogen) atoms. The molecule has 0 fully saturated rings. The van der Waals surface area contributed by atoms with E-state index in [0.717, 1.165) is 6.20 Å². The summed E-state index contributed by atoms with van der Waals surface area (Å²) in [4.78, 5) is 5.68. The van der Waals surface area contributed by atoms with Gasteiger partial charge in [0, 0.05) is 10.7 Å². The highest BCUT2D eigenvalue weighted by atomic mass is 35.7. The summed E-state index contributed by atoms with van der Waals surface area (Å²) in [6.07, 6.45) is 1.05. The van der Waals surface area contributed by atoms with Crippen LogP contribution in [0, 0.1) is 0 Å². The number of nitrogens with zero attached hydrogens (tertiary/aromatic N) is 1. The van der Waals surface area contributed by atoms with E-state index in [1.54, 1.807) is 0 Å². The van der Waals surface area contributed by atoms with Gasteiger partial charge in [-0.2, -0.15) is 0 Å². The Morgan fingerprint density at radius 1 is 1.60 bits per heavy atom. The molecule has 0 atom stereocenters. The molecular formula is C3H2Cl2N2O2S. The lowest BCUT2D eigenvalue weighted by atomic mass is 11.0. The summed E-state index contributed by atoms with van der Waals surface area (Å²) in [5.41, 5.74) is 0. The molecule has 1 rings (SSSR count). The summed E-state index contributed by atoms with van der Waals surface area (Å²) < 4.78 is 21.0. The van der Waals surface area contributed by atoms with Crippen molar-refractivity contribution in [3.8, 4) is 0 Å². The van der Waals surface area contributed by atoms with Gasteiger partial charge in [0.2, 0.25) is 5.28 Å². The minimum Gasteiger partial charge on any atom is -0.319 e. The third-order valence-electron chi connectivity index (χ3n) is 0.784. The smallest absolute Gasteiger partial charge is 0.278 e. The Kier molecular flexibility index (Phi) is 1.89. The Morgan fingerprint density at radius 2 is 2.20 bits per heavy atom. The summed E-state index contributed by atoms with van der Waals surface area (Å²) in [6.45, 7) is 0. The Hall–Kier alpha value is -0.260. The van der Waals surface area contributed by atoms with Crippen molar-refractivity contribution >= 4 is 31.3 Å². The fraction of sp³-hybridized carbons (Fsp3) is 0. The van der Waals surface area contributed by atoms with Gasteiger partial charge in [0.15, 0.2) is 5.03 Å². The predicted octanol–water partition coefficient (Wildman–Crippen LogP) is 0.991. The van der Waals surface area contributed by atoms with Crippen LogP contribution in [0.25, 0.3) is 0 Å². The second-order valence-corrected chi connectivity index (χ2v) is 4.37. The lowest BCUT2D eigenvalue weighted by Crippen LogP contribution is -1.88. The molecule has 0 aliphatic rings. The summed E-state index contributed by atoms with van der Waals surface area (Å²) >= 11 is 5.28. The molecule has 0 bridgehead atoms. The van der Waals surface area contributed by atoms with Crippen LogP contribution in [0.1, 0.15) is 0 Å². The molecule has 56 valence electrons. The molecule has 1 N–H and O–H groups in total. The highest BCUT2D eigenvalue weighted by Gasteiger charge is 2.11. The molecule has 0 spiro atoms. The lowest BCUT2D eigenvalue weighted by molar-refractivity contribution is 0.607. The van der Waals surface area contributed by atoms with Gasteiger partial charge < -0.3 is 4.98 Å². The van der Waals surface area contributed by atoms with Crippen molar-refractivity contribution < 1.29 is 8.42 Å². The number of hydrogen-bond donors (Lipinski definition) is 1. The Morgan fingerprint density at radius 3 is 2.40 bits per heavy atom. The first-order valence-electron chi connectivity index (χ1n) is 2.15. The lowest BCUT2D eigenvalue weighted by Gasteiger charge is -1.84. The summed E-state index contributed by atoms with van der Waals surface area (Å²) in [5, 5.41) is -0.196. The number of aromatic amines is 1. The second kappa shape index (κ2) is 2.41. The fourth-order valence-corrected chi connectivity index (χ4v) is 1.24. The van der Waals surface area contributed by atoms with Crippen LogP contribution in [-0.2, 0) is 9.05 Å². The molecule has 1 heterocycles. The number of rotatable bonds is 1. The summed E-state index contributed by atoms with van der Waals surface area (Å²) in [6, 6.07) is 0. The van der Waals surface area contributed by atoms with E-state index in [1.165, 1.54) is 0 Å². The Balaban J connectivity index is 3.21. The second-order valence-electron chi connectivity index (χ2n) is 1.48. The maximum Gasteiger partial charge on any atom is 0.278 e. The van der Waals surface area contributed by atoms with E-state index in [-0.39, 0.29) is 10.3 Å². The minimum absolute atomic E-state index is 0.000718. The van der Waals surface area contributed by atoms with E-state index in [1.807, 2.05) is 0 Å². The molecular weight excluding hydrogens is 199 g/mol. The molecule has 0 aliphatic carbocycles. The van der Waals surface area contributed by atoms with Crippen molar-refractivity contribution in [1.29, 1.82) is 0 Å². The van der Waals surface area contributed by atoms with Crippen LogP contribution in [0.5, 0.6) is 0 Å². The molecule has 0 unspecified atom stereocenters. The van der Waals surface area contributed by atoms with Gasteiger partial charge >= 0.3 is 0 Å². The zero-order chi connectivity index (χ0) is 7.78. The van der Waals surface area contributed by atoms with Crippen LogP contribution in [0.4, 0.5) is 0 Å². The van der Waals surface area contributed by atoms with Crippen molar-refractivity contribution in [2.75, 3.05) is 0 Å². The highest BCUT2D eigenvalue weighted by Crippen LogP contribution is 2.13. The van der Waals surface area contributed by atoms with Gasteiger partial charge in [-0.15, -0.1) is 0 Å². The van der Waals surface area contributed by atoms with Crippen molar-refractivity contribution in [1.82, 2.24) is 9.97 Å². The Labute approximate surface area is 66.6 Å². The first kappa shape index (κ1) is 7.84. The molecule has 0 aromatic carbocycles. The number of halogens is 2. The van der Waals surface area contributed by atoms with E-state index >= 15 is 0 Å². The van der Waals surface area contributed by atoms with Crippen LogP contribution < -0.4 is 0 Å². The maximum absolute atomic E-state index is 10.5. The first-order valence-corrected chi connectivity index (χ1v) is 4.84. The molecule has 4 nitrogen and oxygen atoms in total. The molecule has 1 aromatic rings. The van der Waals surface area contributed by atoms with Gasteiger partial charge in [-0.05, 0) is 11.6 Å².